The minimum absolute atomic E-state index is 0.00911. The van der Waals surface area contributed by atoms with Gasteiger partial charge in [0.25, 0.3) is 11.7 Å². The second kappa shape index (κ2) is 13.0. The second-order valence-electron chi connectivity index (χ2n) is 11.1. The minimum Gasteiger partial charge on any atom is -0.507 e. The van der Waals surface area contributed by atoms with Crippen LogP contribution in [0.15, 0.2) is 60.2 Å². The first-order valence-corrected chi connectivity index (χ1v) is 13.9. The molecule has 2 aromatic carbocycles. The van der Waals surface area contributed by atoms with Crippen LogP contribution in [0.25, 0.3) is 5.76 Å². The quantitative estimate of drug-likeness (QED) is 0.199. The third kappa shape index (κ3) is 7.10. The van der Waals surface area contributed by atoms with Crippen LogP contribution in [-0.4, -0.2) is 52.8 Å². The Balaban J connectivity index is 1.93. The highest BCUT2D eigenvalue weighted by Gasteiger charge is 2.45. The fourth-order valence-corrected chi connectivity index (χ4v) is 4.94. The molecule has 0 bridgehead atoms. The van der Waals surface area contributed by atoms with Crippen molar-refractivity contribution in [1.82, 2.24) is 9.80 Å². The molecule has 1 unspecified atom stereocenters. The van der Waals surface area contributed by atoms with E-state index in [4.69, 9.17) is 0 Å². The number of aliphatic hydroxyl groups is 1. The van der Waals surface area contributed by atoms with Gasteiger partial charge in [-0.1, -0.05) is 102 Å². The van der Waals surface area contributed by atoms with Gasteiger partial charge < -0.3 is 14.9 Å². The molecule has 1 heterocycles. The molecule has 1 aliphatic rings. The Kier molecular flexibility index (Phi) is 10.1. The lowest BCUT2D eigenvalue weighted by molar-refractivity contribution is -0.140. The van der Waals surface area contributed by atoms with Crippen LogP contribution >= 0.6 is 0 Å². The first-order chi connectivity index (χ1) is 17.7. The summed E-state index contributed by atoms with van der Waals surface area (Å²) in [5.74, 6) is -1.25. The molecule has 1 fully saturated rings. The van der Waals surface area contributed by atoms with Crippen LogP contribution in [0.5, 0.6) is 0 Å². The zero-order valence-electron chi connectivity index (χ0n) is 23.3. The van der Waals surface area contributed by atoms with Crippen molar-refractivity contribution < 1.29 is 14.7 Å². The van der Waals surface area contributed by atoms with Gasteiger partial charge in [-0.05, 0) is 55.4 Å². The summed E-state index contributed by atoms with van der Waals surface area (Å²) in [5.41, 5.74) is 2.73. The summed E-state index contributed by atoms with van der Waals surface area (Å²) in [6.45, 7) is 14.4. The smallest absolute Gasteiger partial charge is 0.295 e. The van der Waals surface area contributed by atoms with Gasteiger partial charge in [-0.2, -0.15) is 0 Å². The average Bonchev–Trinajstić information content (AvgIpc) is 3.14. The highest BCUT2D eigenvalue weighted by Crippen LogP contribution is 2.40. The minimum atomic E-state index is -0.611. The number of hydrogen-bond donors (Lipinski definition) is 1. The Morgan fingerprint density at radius 3 is 1.97 bits per heavy atom. The summed E-state index contributed by atoms with van der Waals surface area (Å²) < 4.78 is 0. The molecule has 1 saturated heterocycles. The summed E-state index contributed by atoms with van der Waals surface area (Å²) in [6, 6.07) is 16.6. The monoisotopic (exact) mass is 504 g/mol. The molecule has 1 atom stereocenters. The third-order valence-corrected chi connectivity index (χ3v) is 7.21. The van der Waals surface area contributed by atoms with E-state index in [9.17, 15) is 14.7 Å². The molecule has 0 aliphatic carbocycles. The van der Waals surface area contributed by atoms with Gasteiger partial charge in [-0.25, -0.2) is 0 Å². The molecular weight excluding hydrogens is 460 g/mol. The number of rotatable bonds is 12. The van der Waals surface area contributed by atoms with E-state index in [1.807, 2.05) is 30.3 Å². The predicted octanol–water partition coefficient (Wildman–Crippen LogP) is 6.70. The maximum absolute atomic E-state index is 13.3. The van der Waals surface area contributed by atoms with E-state index in [0.29, 0.717) is 12.1 Å². The van der Waals surface area contributed by atoms with Crippen molar-refractivity contribution in [2.75, 3.05) is 26.2 Å². The summed E-state index contributed by atoms with van der Waals surface area (Å²) in [7, 11) is 0. The number of hydrogen-bond acceptors (Lipinski definition) is 4. The number of unbranched alkanes of at least 4 members (excludes halogenated alkanes) is 2. The van der Waals surface area contributed by atoms with Crippen LogP contribution < -0.4 is 0 Å². The number of nitrogens with zero attached hydrogens (tertiary/aromatic N) is 2. The summed E-state index contributed by atoms with van der Waals surface area (Å²) in [5, 5.41) is 11.2. The summed E-state index contributed by atoms with van der Waals surface area (Å²) in [6.07, 6.45) is 5.40. The van der Waals surface area contributed by atoms with Gasteiger partial charge in [0.2, 0.25) is 0 Å². The lowest BCUT2D eigenvalue weighted by Crippen LogP contribution is -2.34. The molecule has 0 aromatic heterocycles. The number of aliphatic hydroxyl groups excluding tert-OH is 1. The van der Waals surface area contributed by atoms with Crippen molar-refractivity contribution >= 4 is 17.4 Å². The topological polar surface area (TPSA) is 60.9 Å². The van der Waals surface area contributed by atoms with E-state index in [1.54, 1.807) is 17.0 Å². The fourth-order valence-electron chi connectivity index (χ4n) is 4.94. The van der Waals surface area contributed by atoms with Crippen LogP contribution in [0, 0.1) is 0 Å². The van der Waals surface area contributed by atoms with Gasteiger partial charge >= 0.3 is 0 Å². The number of ketones is 1. The Morgan fingerprint density at radius 2 is 1.43 bits per heavy atom. The number of carbonyl (C=O) groups is 2. The van der Waals surface area contributed by atoms with Crippen LogP contribution in [0.1, 0.15) is 89.5 Å². The van der Waals surface area contributed by atoms with Crippen molar-refractivity contribution in [3.63, 3.8) is 0 Å². The molecule has 1 N–H and O–H groups in total. The van der Waals surface area contributed by atoms with Crippen molar-refractivity contribution in [2.24, 2.45) is 0 Å². The Morgan fingerprint density at radius 1 is 0.865 bits per heavy atom. The number of Topliss-reactive ketones (excluding diaryl/α,β-unsaturated/α-hetero) is 1. The van der Waals surface area contributed by atoms with Gasteiger partial charge in [0.15, 0.2) is 0 Å². The van der Waals surface area contributed by atoms with E-state index >= 15 is 0 Å². The Bertz CT molecular complexity index is 1060. The second-order valence-corrected chi connectivity index (χ2v) is 11.1. The molecule has 1 aliphatic heterocycles. The average molecular weight is 505 g/mol. The van der Waals surface area contributed by atoms with E-state index in [1.165, 1.54) is 5.56 Å². The molecule has 0 spiro atoms. The molecule has 3 rings (SSSR count). The molecule has 0 radical (unpaired) electrons. The van der Waals surface area contributed by atoms with Crippen molar-refractivity contribution in [2.45, 2.75) is 78.2 Å². The molecular formula is C32H44N2O3. The standard InChI is InChI=1S/C32H44N2O3/c1-6-8-20-33(21-9-7-2)22-13-23-34-28(24-16-18-26(19-17-24)32(3,4)5)27(30(36)31(34)37)29(35)25-14-11-10-12-15-25/h10-12,14-19,28,35H,6-9,13,20-23H2,1-5H3. The zero-order valence-corrected chi connectivity index (χ0v) is 23.3. The molecule has 1 amide bonds. The SMILES string of the molecule is CCCCN(CCCC)CCCN1C(=O)C(=O)C(=C(O)c2ccccc2)C1c1ccc(C(C)(C)C)cc1. The highest BCUT2D eigenvalue weighted by molar-refractivity contribution is 6.46. The van der Waals surface area contributed by atoms with Crippen molar-refractivity contribution in [3.8, 4) is 0 Å². The normalized spacial score (nSPS) is 17.7. The van der Waals surface area contributed by atoms with Gasteiger partial charge in [0.05, 0.1) is 11.6 Å². The number of amides is 1. The lowest BCUT2D eigenvalue weighted by atomic mass is 9.85. The molecule has 5 heteroatoms. The number of carbonyl (C=O) groups excluding carboxylic acids is 2. The van der Waals surface area contributed by atoms with Gasteiger partial charge in [-0.3, -0.25) is 9.59 Å². The van der Waals surface area contributed by atoms with E-state index in [0.717, 1.165) is 57.3 Å². The predicted molar refractivity (Wildman–Crippen MR) is 151 cm³/mol. The molecule has 2 aromatic rings. The van der Waals surface area contributed by atoms with Gasteiger partial charge in [-0.15, -0.1) is 0 Å². The lowest BCUT2D eigenvalue weighted by Gasteiger charge is -2.28. The van der Waals surface area contributed by atoms with Crippen LogP contribution in [0.4, 0.5) is 0 Å². The summed E-state index contributed by atoms with van der Waals surface area (Å²) >= 11 is 0. The van der Waals surface area contributed by atoms with Crippen molar-refractivity contribution in [3.05, 3.63) is 76.9 Å². The largest absolute Gasteiger partial charge is 0.507 e. The fraction of sp³-hybridized carbons (Fsp3) is 0.500. The van der Waals surface area contributed by atoms with Crippen LogP contribution in [0.3, 0.4) is 0 Å². The zero-order chi connectivity index (χ0) is 27.0. The van der Waals surface area contributed by atoms with Crippen LogP contribution in [-0.2, 0) is 15.0 Å². The molecule has 5 nitrogen and oxygen atoms in total. The molecule has 200 valence electrons. The maximum Gasteiger partial charge on any atom is 0.295 e. The van der Waals surface area contributed by atoms with Gasteiger partial charge in [0.1, 0.15) is 5.76 Å². The van der Waals surface area contributed by atoms with E-state index in [-0.39, 0.29) is 16.7 Å². The third-order valence-electron chi connectivity index (χ3n) is 7.21. The summed E-state index contributed by atoms with van der Waals surface area (Å²) in [4.78, 5) is 30.7. The van der Waals surface area contributed by atoms with Crippen LogP contribution in [0.2, 0.25) is 0 Å². The Hall–Kier alpha value is -2.92. The van der Waals surface area contributed by atoms with E-state index < -0.39 is 17.7 Å². The van der Waals surface area contributed by atoms with Crippen molar-refractivity contribution in [1.29, 1.82) is 0 Å². The number of benzene rings is 2. The first-order valence-electron chi connectivity index (χ1n) is 13.9. The van der Waals surface area contributed by atoms with E-state index in [2.05, 4.69) is 51.7 Å². The molecule has 0 saturated carbocycles. The Labute approximate surface area is 223 Å². The van der Waals surface area contributed by atoms with Gasteiger partial charge in [0, 0.05) is 12.1 Å². The highest BCUT2D eigenvalue weighted by atomic mass is 16.3. The number of likely N-dealkylation sites (tertiary alicyclic amines) is 1. The molecule has 37 heavy (non-hydrogen) atoms. The first kappa shape index (κ1) is 28.6. The maximum atomic E-state index is 13.3.